The molecule has 0 bridgehead atoms. The fourth-order valence-corrected chi connectivity index (χ4v) is 3.97. The third kappa shape index (κ3) is 4.40. The Kier molecular flexibility index (Phi) is 5.65. The zero-order chi connectivity index (χ0) is 19.4. The average molecular weight is 388 g/mol. The van der Waals surface area contributed by atoms with Gasteiger partial charge >= 0.3 is 5.97 Å². The molecule has 2 aliphatic rings. The number of nitrogens with zero attached hydrogens (tertiary/aromatic N) is 4. The van der Waals surface area contributed by atoms with E-state index in [9.17, 15) is 19.7 Å². The first-order chi connectivity index (χ1) is 13.0. The van der Waals surface area contributed by atoms with E-state index in [1.54, 1.807) is 12.1 Å². The fourth-order valence-electron chi connectivity index (χ4n) is 2.84. The third-order valence-corrected chi connectivity index (χ3v) is 5.22. The van der Waals surface area contributed by atoms with Crippen molar-refractivity contribution in [2.45, 2.75) is 30.6 Å². The molecule has 1 N–H and O–H groups in total. The number of thioether (sulfide) groups is 1. The molecule has 9 nitrogen and oxygen atoms in total. The van der Waals surface area contributed by atoms with E-state index in [-0.39, 0.29) is 24.1 Å². The van der Waals surface area contributed by atoms with Crippen LogP contribution in [0.3, 0.4) is 0 Å². The molecular formula is C17H16N4O5S. The van der Waals surface area contributed by atoms with Crippen molar-refractivity contribution >= 4 is 40.7 Å². The number of carbonyl (C=O) groups excluding carboxylic acids is 1. The van der Waals surface area contributed by atoms with Crippen molar-refractivity contribution < 1.29 is 19.6 Å². The third-order valence-electron chi connectivity index (χ3n) is 4.08. The number of benzene rings is 1. The van der Waals surface area contributed by atoms with Gasteiger partial charge in [-0.15, -0.1) is 5.10 Å². The summed E-state index contributed by atoms with van der Waals surface area (Å²) in [4.78, 5) is 35.4. The Morgan fingerprint density at radius 1 is 1.48 bits per heavy atom. The van der Waals surface area contributed by atoms with Crippen LogP contribution >= 0.6 is 11.8 Å². The van der Waals surface area contributed by atoms with Crippen LogP contribution in [0.15, 0.2) is 46.6 Å². The molecule has 1 aromatic carbocycles. The summed E-state index contributed by atoms with van der Waals surface area (Å²) in [5.41, 5.74) is 0.438. The van der Waals surface area contributed by atoms with Crippen LogP contribution in [0.25, 0.3) is 0 Å². The van der Waals surface area contributed by atoms with E-state index in [0.717, 1.165) is 24.6 Å². The number of allylic oxidation sites excluding steroid dienone is 1. The highest BCUT2D eigenvalue weighted by molar-refractivity contribution is 8.15. The van der Waals surface area contributed by atoms with Gasteiger partial charge in [-0.05, 0) is 12.8 Å². The topological polar surface area (TPSA) is 125 Å². The van der Waals surface area contributed by atoms with Gasteiger partial charge < -0.3 is 5.11 Å². The monoisotopic (exact) mass is 388 g/mol. The number of amidine groups is 1. The summed E-state index contributed by atoms with van der Waals surface area (Å²) in [6.45, 7) is 0. The number of rotatable bonds is 6. The molecular weight excluding hydrogens is 372 g/mol. The van der Waals surface area contributed by atoms with Crippen LogP contribution in [0.1, 0.15) is 24.8 Å². The molecule has 27 heavy (non-hydrogen) atoms. The van der Waals surface area contributed by atoms with Crippen molar-refractivity contribution in [1.29, 1.82) is 0 Å². The van der Waals surface area contributed by atoms with E-state index in [4.69, 9.17) is 5.11 Å². The molecule has 1 heterocycles. The fraction of sp³-hybridized carbons (Fsp3) is 0.294. The number of non-ortho nitro benzene ring substituents is 1. The van der Waals surface area contributed by atoms with Crippen molar-refractivity contribution in [1.82, 2.24) is 4.90 Å². The Morgan fingerprint density at radius 3 is 2.96 bits per heavy atom. The summed E-state index contributed by atoms with van der Waals surface area (Å²) < 4.78 is 0. The Balaban J connectivity index is 1.82. The number of amides is 1. The highest BCUT2D eigenvalue weighted by atomic mass is 32.2. The highest BCUT2D eigenvalue weighted by Crippen LogP contribution is 2.34. The molecule has 1 fully saturated rings. The lowest BCUT2D eigenvalue weighted by atomic mass is 10.2. The lowest BCUT2D eigenvalue weighted by molar-refractivity contribution is -0.384. The molecule has 3 rings (SSSR count). The molecule has 0 radical (unpaired) electrons. The molecule has 2 unspecified atom stereocenters. The first kappa shape index (κ1) is 18.8. The second-order valence-corrected chi connectivity index (χ2v) is 7.13. The van der Waals surface area contributed by atoms with Gasteiger partial charge in [-0.2, -0.15) is 5.10 Å². The van der Waals surface area contributed by atoms with Crippen molar-refractivity contribution in [3.8, 4) is 0 Å². The van der Waals surface area contributed by atoms with Gasteiger partial charge in [-0.1, -0.05) is 36.0 Å². The van der Waals surface area contributed by atoms with E-state index in [2.05, 4.69) is 10.2 Å². The smallest absolute Gasteiger partial charge is 0.305 e. The standard InChI is InChI=1S/C17H16N4O5S/c22-15(23)9-14-16(24)20(12-5-1-2-6-12)17(27-14)19-18-10-11-4-3-7-13(8-11)21(25)26/h1,3-5,7-8,10,12,14H,2,6,9H2,(H,22,23). The molecule has 1 saturated heterocycles. The van der Waals surface area contributed by atoms with Crippen molar-refractivity contribution in [2.75, 3.05) is 0 Å². The quantitative estimate of drug-likeness (QED) is 0.345. The van der Waals surface area contributed by atoms with Gasteiger partial charge in [0.15, 0.2) is 5.17 Å². The molecule has 1 amide bonds. The van der Waals surface area contributed by atoms with Crippen LogP contribution < -0.4 is 0 Å². The predicted molar refractivity (Wildman–Crippen MR) is 101 cm³/mol. The second kappa shape index (κ2) is 8.12. The van der Waals surface area contributed by atoms with Crippen molar-refractivity contribution in [3.05, 3.63) is 52.1 Å². The van der Waals surface area contributed by atoms with Crippen LogP contribution in [0.2, 0.25) is 0 Å². The van der Waals surface area contributed by atoms with E-state index in [1.807, 2.05) is 12.2 Å². The normalized spacial score (nSPS) is 23.6. The second-order valence-electron chi connectivity index (χ2n) is 5.96. The maximum atomic E-state index is 12.6. The Bertz CT molecular complexity index is 867. The van der Waals surface area contributed by atoms with Crippen molar-refractivity contribution in [2.24, 2.45) is 10.2 Å². The van der Waals surface area contributed by atoms with Gasteiger partial charge in [0, 0.05) is 17.7 Å². The summed E-state index contributed by atoms with van der Waals surface area (Å²) in [5, 5.41) is 27.5. The first-order valence-electron chi connectivity index (χ1n) is 8.19. The Hall–Kier alpha value is -3.01. The zero-order valence-electron chi connectivity index (χ0n) is 14.1. The summed E-state index contributed by atoms with van der Waals surface area (Å²) in [7, 11) is 0. The van der Waals surface area contributed by atoms with Gasteiger partial charge in [0.2, 0.25) is 5.91 Å². The lowest BCUT2D eigenvalue weighted by Gasteiger charge is -2.21. The van der Waals surface area contributed by atoms with E-state index in [1.165, 1.54) is 23.2 Å². The largest absolute Gasteiger partial charge is 0.481 e. The minimum absolute atomic E-state index is 0.0590. The lowest BCUT2D eigenvalue weighted by Crippen LogP contribution is -2.39. The van der Waals surface area contributed by atoms with E-state index < -0.39 is 16.1 Å². The number of carboxylic acids is 1. The summed E-state index contributed by atoms with van der Waals surface area (Å²) in [6, 6.07) is 5.77. The van der Waals surface area contributed by atoms with Gasteiger partial charge in [-0.3, -0.25) is 24.6 Å². The number of hydrogen-bond acceptors (Lipinski definition) is 7. The van der Waals surface area contributed by atoms with Gasteiger partial charge in [0.05, 0.1) is 23.6 Å². The number of carboxylic acid groups (broad SMARTS) is 1. The number of aliphatic carboxylic acids is 1. The van der Waals surface area contributed by atoms with Crippen LogP contribution in [0.4, 0.5) is 5.69 Å². The minimum atomic E-state index is -1.05. The van der Waals surface area contributed by atoms with E-state index >= 15 is 0 Å². The molecule has 1 aromatic rings. The Morgan fingerprint density at radius 2 is 2.30 bits per heavy atom. The number of carbonyl (C=O) groups is 2. The van der Waals surface area contributed by atoms with Crippen LogP contribution in [-0.2, 0) is 9.59 Å². The van der Waals surface area contributed by atoms with Crippen molar-refractivity contribution in [3.63, 3.8) is 0 Å². The number of hydrogen-bond donors (Lipinski definition) is 1. The number of nitro benzene ring substituents is 1. The molecule has 0 saturated carbocycles. The molecule has 140 valence electrons. The Labute approximate surface area is 158 Å². The zero-order valence-corrected chi connectivity index (χ0v) is 14.9. The molecule has 0 spiro atoms. The molecule has 1 aliphatic carbocycles. The van der Waals surface area contributed by atoms with E-state index in [0.29, 0.717) is 10.7 Å². The van der Waals surface area contributed by atoms with Gasteiger partial charge in [0.1, 0.15) is 5.25 Å². The van der Waals surface area contributed by atoms with Crippen LogP contribution in [0.5, 0.6) is 0 Å². The summed E-state index contributed by atoms with van der Waals surface area (Å²) >= 11 is 1.07. The maximum absolute atomic E-state index is 12.6. The first-order valence-corrected chi connectivity index (χ1v) is 9.07. The molecule has 1 aliphatic heterocycles. The average Bonchev–Trinajstić information content (AvgIpc) is 3.24. The molecule has 10 heteroatoms. The van der Waals surface area contributed by atoms with Crippen LogP contribution in [0, 0.1) is 10.1 Å². The van der Waals surface area contributed by atoms with Gasteiger partial charge in [-0.25, -0.2) is 0 Å². The summed E-state index contributed by atoms with van der Waals surface area (Å²) in [6.07, 6.45) is 6.54. The summed E-state index contributed by atoms with van der Waals surface area (Å²) in [5.74, 6) is -1.34. The predicted octanol–water partition coefficient (Wildman–Crippen LogP) is 2.42. The minimum Gasteiger partial charge on any atom is -0.481 e. The number of nitro groups is 1. The highest BCUT2D eigenvalue weighted by Gasteiger charge is 2.42. The molecule has 2 atom stereocenters. The SMILES string of the molecule is O=C(O)CC1SC(=NN=Cc2cccc([N+](=O)[O-])c2)N(C2C=CCC2)C1=O. The maximum Gasteiger partial charge on any atom is 0.305 e. The molecule has 0 aromatic heterocycles. The van der Waals surface area contributed by atoms with Crippen LogP contribution in [-0.4, -0.2) is 49.5 Å². The van der Waals surface area contributed by atoms with Gasteiger partial charge in [0.25, 0.3) is 5.69 Å².